The molecule has 4 heteroatoms. The van der Waals surface area contributed by atoms with Gasteiger partial charge in [-0.25, -0.2) is 4.39 Å². The number of anilines is 1. The van der Waals surface area contributed by atoms with Crippen molar-refractivity contribution in [2.75, 3.05) is 11.4 Å². The fourth-order valence-electron chi connectivity index (χ4n) is 2.76. The zero-order valence-corrected chi connectivity index (χ0v) is 11.5. The molecule has 0 bridgehead atoms. The van der Waals surface area contributed by atoms with E-state index >= 15 is 0 Å². The second kappa shape index (κ2) is 5.55. The van der Waals surface area contributed by atoms with E-state index < -0.39 is 11.9 Å². The maximum Gasteiger partial charge on any atom is 0.147 e. The first kappa shape index (κ1) is 13.6. The average Bonchev–Trinajstić information content (AvgIpc) is 2.67. The summed E-state index contributed by atoms with van der Waals surface area (Å²) in [5.74, 6) is -0.400. The maximum atomic E-state index is 14.2. The van der Waals surface area contributed by atoms with Crippen LogP contribution in [0.2, 0.25) is 0 Å². The minimum Gasteiger partial charge on any atom is -0.388 e. The first-order valence-corrected chi connectivity index (χ1v) is 6.89. The van der Waals surface area contributed by atoms with Gasteiger partial charge >= 0.3 is 0 Å². The fourth-order valence-corrected chi connectivity index (χ4v) is 2.76. The summed E-state index contributed by atoms with van der Waals surface area (Å²) in [4.78, 5) is 1.91. The summed E-state index contributed by atoms with van der Waals surface area (Å²) in [5.41, 5.74) is 2.70. The van der Waals surface area contributed by atoms with E-state index in [1.807, 2.05) is 35.2 Å². The van der Waals surface area contributed by atoms with Crippen LogP contribution in [0.1, 0.15) is 29.2 Å². The SMILES string of the molecule is N#Cc1ccc(N2CCC(O)c3ccccc3C2)c(F)c1. The van der Waals surface area contributed by atoms with E-state index in [9.17, 15) is 9.50 Å². The first-order chi connectivity index (χ1) is 10.2. The summed E-state index contributed by atoms with van der Waals surface area (Å²) in [5, 5.41) is 19.0. The third kappa shape index (κ3) is 2.61. The molecule has 1 aliphatic rings. The van der Waals surface area contributed by atoms with Crippen LogP contribution in [-0.4, -0.2) is 11.7 Å². The molecule has 0 saturated carbocycles. The Morgan fingerprint density at radius 1 is 1.24 bits per heavy atom. The van der Waals surface area contributed by atoms with E-state index in [2.05, 4.69) is 0 Å². The van der Waals surface area contributed by atoms with Gasteiger partial charge in [0.1, 0.15) is 5.82 Å². The zero-order chi connectivity index (χ0) is 14.8. The molecule has 1 heterocycles. The number of nitrogens with zero attached hydrogens (tertiary/aromatic N) is 2. The van der Waals surface area contributed by atoms with Gasteiger partial charge in [0.05, 0.1) is 23.4 Å². The predicted molar refractivity (Wildman–Crippen MR) is 78.2 cm³/mol. The lowest BCUT2D eigenvalue weighted by Gasteiger charge is -2.23. The minimum atomic E-state index is -0.521. The van der Waals surface area contributed by atoms with Gasteiger partial charge in [-0.2, -0.15) is 5.26 Å². The number of fused-ring (bicyclic) bond motifs is 1. The largest absolute Gasteiger partial charge is 0.388 e. The monoisotopic (exact) mass is 282 g/mol. The van der Waals surface area contributed by atoms with Gasteiger partial charge in [-0.1, -0.05) is 24.3 Å². The Morgan fingerprint density at radius 3 is 2.81 bits per heavy atom. The van der Waals surface area contributed by atoms with Gasteiger partial charge in [0.2, 0.25) is 0 Å². The molecule has 3 rings (SSSR count). The number of halogens is 1. The molecule has 0 saturated heterocycles. The third-order valence-corrected chi connectivity index (χ3v) is 3.87. The number of aliphatic hydroxyl groups is 1. The number of aliphatic hydroxyl groups excluding tert-OH is 1. The summed E-state index contributed by atoms with van der Waals surface area (Å²) in [7, 11) is 0. The smallest absolute Gasteiger partial charge is 0.147 e. The van der Waals surface area contributed by atoms with Crippen LogP contribution in [0.15, 0.2) is 42.5 Å². The molecule has 2 aromatic rings. The van der Waals surface area contributed by atoms with Crippen LogP contribution >= 0.6 is 0 Å². The molecule has 1 aliphatic heterocycles. The van der Waals surface area contributed by atoms with E-state index in [0.717, 1.165) is 11.1 Å². The van der Waals surface area contributed by atoms with Gasteiger partial charge in [0.15, 0.2) is 0 Å². The van der Waals surface area contributed by atoms with E-state index in [0.29, 0.717) is 30.8 Å². The Balaban J connectivity index is 1.96. The molecular formula is C17H15FN2O. The highest BCUT2D eigenvalue weighted by Crippen LogP contribution is 2.30. The third-order valence-electron chi connectivity index (χ3n) is 3.87. The molecule has 106 valence electrons. The zero-order valence-electron chi connectivity index (χ0n) is 11.5. The molecule has 1 atom stereocenters. The molecule has 0 radical (unpaired) electrons. The Labute approximate surface area is 122 Å². The van der Waals surface area contributed by atoms with Crippen molar-refractivity contribution in [3.63, 3.8) is 0 Å². The standard InChI is InChI=1S/C17H15FN2O/c18-15-9-12(10-19)5-6-16(15)20-8-7-17(21)14-4-2-1-3-13(14)11-20/h1-6,9,17,21H,7-8,11H2. The van der Waals surface area contributed by atoms with Gasteiger partial charge < -0.3 is 10.0 Å². The molecular weight excluding hydrogens is 267 g/mol. The predicted octanol–water partition coefficient (Wildman–Crippen LogP) is 3.14. The normalized spacial score (nSPS) is 17.8. The number of nitriles is 1. The first-order valence-electron chi connectivity index (χ1n) is 6.89. The number of hydrogen-bond acceptors (Lipinski definition) is 3. The molecule has 0 aliphatic carbocycles. The Hall–Kier alpha value is -2.38. The summed E-state index contributed by atoms with van der Waals surface area (Å²) >= 11 is 0. The summed E-state index contributed by atoms with van der Waals surface area (Å²) in [6.45, 7) is 1.12. The Bertz CT molecular complexity index is 708. The molecule has 2 aromatic carbocycles. The minimum absolute atomic E-state index is 0.312. The van der Waals surface area contributed by atoms with Gasteiger partial charge in [-0.15, -0.1) is 0 Å². The summed E-state index contributed by atoms with van der Waals surface area (Å²) < 4.78 is 14.2. The van der Waals surface area contributed by atoms with Crippen LogP contribution < -0.4 is 4.90 Å². The number of rotatable bonds is 1. The fraction of sp³-hybridized carbons (Fsp3) is 0.235. The Kier molecular flexibility index (Phi) is 3.59. The van der Waals surface area contributed by atoms with E-state index in [1.165, 1.54) is 6.07 Å². The summed E-state index contributed by atoms with van der Waals surface area (Å²) in [6, 6.07) is 14.1. The second-order valence-electron chi connectivity index (χ2n) is 5.20. The number of benzene rings is 2. The van der Waals surface area contributed by atoms with Crippen LogP contribution in [0.25, 0.3) is 0 Å². The van der Waals surface area contributed by atoms with Crippen LogP contribution in [0, 0.1) is 17.1 Å². The van der Waals surface area contributed by atoms with Crippen LogP contribution in [0.5, 0.6) is 0 Å². The Morgan fingerprint density at radius 2 is 2.05 bits per heavy atom. The van der Waals surface area contributed by atoms with Crippen molar-refractivity contribution in [3.8, 4) is 6.07 Å². The van der Waals surface area contributed by atoms with Crippen molar-refractivity contribution in [1.29, 1.82) is 5.26 Å². The van der Waals surface area contributed by atoms with Crippen molar-refractivity contribution < 1.29 is 9.50 Å². The topological polar surface area (TPSA) is 47.3 Å². The highest BCUT2D eigenvalue weighted by Gasteiger charge is 2.22. The van der Waals surface area contributed by atoms with E-state index in [-0.39, 0.29) is 0 Å². The van der Waals surface area contributed by atoms with Crippen molar-refractivity contribution in [3.05, 3.63) is 65.0 Å². The van der Waals surface area contributed by atoms with E-state index in [4.69, 9.17) is 5.26 Å². The highest BCUT2D eigenvalue weighted by atomic mass is 19.1. The van der Waals surface area contributed by atoms with Crippen molar-refractivity contribution in [1.82, 2.24) is 0 Å². The molecule has 0 aromatic heterocycles. The molecule has 1 unspecified atom stereocenters. The van der Waals surface area contributed by atoms with E-state index in [1.54, 1.807) is 12.1 Å². The van der Waals surface area contributed by atoms with Crippen molar-refractivity contribution >= 4 is 5.69 Å². The second-order valence-corrected chi connectivity index (χ2v) is 5.20. The molecule has 1 N–H and O–H groups in total. The van der Waals surface area contributed by atoms with Gasteiger partial charge in [0, 0.05) is 13.1 Å². The van der Waals surface area contributed by atoms with Crippen LogP contribution in [0.4, 0.5) is 10.1 Å². The summed E-state index contributed by atoms with van der Waals surface area (Å²) in [6.07, 6.45) is 0.0313. The lowest BCUT2D eigenvalue weighted by Crippen LogP contribution is -2.23. The molecule has 21 heavy (non-hydrogen) atoms. The highest BCUT2D eigenvalue weighted by molar-refractivity contribution is 5.52. The molecule has 3 nitrogen and oxygen atoms in total. The van der Waals surface area contributed by atoms with Crippen LogP contribution in [0.3, 0.4) is 0 Å². The average molecular weight is 282 g/mol. The molecule has 0 spiro atoms. The van der Waals surface area contributed by atoms with Gasteiger partial charge in [0.25, 0.3) is 0 Å². The quantitative estimate of drug-likeness (QED) is 0.874. The maximum absolute atomic E-state index is 14.2. The van der Waals surface area contributed by atoms with Crippen LogP contribution in [-0.2, 0) is 6.54 Å². The van der Waals surface area contributed by atoms with Crippen molar-refractivity contribution in [2.24, 2.45) is 0 Å². The van der Waals surface area contributed by atoms with Crippen molar-refractivity contribution in [2.45, 2.75) is 19.1 Å². The van der Waals surface area contributed by atoms with Gasteiger partial charge in [-0.3, -0.25) is 0 Å². The number of hydrogen-bond donors (Lipinski definition) is 1. The molecule has 0 amide bonds. The lowest BCUT2D eigenvalue weighted by atomic mass is 10.0. The lowest BCUT2D eigenvalue weighted by molar-refractivity contribution is 0.171. The molecule has 0 fully saturated rings. The van der Waals surface area contributed by atoms with Gasteiger partial charge in [-0.05, 0) is 35.7 Å².